The van der Waals surface area contributed by atoms with Gasteiger partial charge < -0.3 is 5.11 Å². The molecule has 4 aliphatic carbocycles. The summed E-state index contributed by atoms with van der Waals surface area (Å²) in [5, 5.41) is 14.7. The largest absolute Gasteiger partial charge is 0.393 e. The molecule has 0 unspecified atom stereocenters. The van der Waals surface area contributed by atoms with E-state index in [0.29, 0.717) is 29.0 Å². The lowest BCUT2D eigenvalue weighted by Crippen LogP contribution is -2.54. The fraction of sp³-hybridized carbons (Fsp3) is 0.760. The van der Waals surface area contributed by atoms with Gasteiger partial charge in [-0.2, -0.15) is 5.10 Å². The quantitative estimate of drug-likeness (QED) is 0.701. The van der Waals surface area contributed by atoms with Gasteiger partial charge in [0.05, 0.1) is 11.8 Å². The number of aliphatic hydroxyl groups is 1. The van der Waals surface area contributed by atoms with Crippen LogP contribution in [0.15, 0.2) is 11.8 Å². The minimum absolute atomic E-state index is 0.0937. The van der Waals surface area contributed by atoms with Gasteiger partial charge in [0.1, 0.15) is 0 Å². The highest BCUT2D eigenvalue weighted by molar-refractivity contribution is 6.06. The van der Waals surface area contributed by atoms with E-state index in [-0.39, 0.29) is 11.5 Å². The third kappa shape index (κ3) is 2.81. The molecule has 1 heterocycles. The molecule has 1 N–H and O–H groups in total. The first kappa shape index (κ1) is 19.5. The minimum Gasteiger partial charge on any atom is -0.393 e. The Morgan fingerprint density at radius 1 is 1.17 bits per heavy atom. The average molecular weight is 397 g/mol. The second-order valence-electron chi connectivity index (χ2n) is 11.1. The van der Waals surface area contributed by atoms with E-state index in [4.69, 9.17) is 0 Å². The van der Waals surface area contributed by atoms with Gasteiger partial charge in [-0.05, 0) is 99.0 Å². The number of rotatable bonds is 1. The highest BCUT2D eigenvalue weighted by atomic mass is 16.3. The summed E-state index contributed by atoms with van der Waals surface area (Å²) in [5.41, 5.74) is 3.30. The van der Waals surface area contributed by atoms with Gasteiger partial charge in [0, 0.05) is 24.2 Å². The summed E-state index contributed by atoms with van der Waals surface area (Å²) in [6.07, 6.45) is 12.8. The van der Waals surface area contributed by atoms with Gasteiger partial charge in [-0.1, -0.05) is 13.8 Å². The lowest BCUT2D eigenvalue weighted by atomic mass is 9.45. The summed E-state index contributed by atoms with van der Waals surface area (Å²) >= 11 is 0. The molecule has 4 saturated carbocycles. The van der Waals surface area contributed by atoms with Crippen molar-refractivity contribution in [2.45, 2.75) is 78.2 Å². The van der Waals surface area contributed by atoms with E-state index in [1.165, 1.54) is 19.3 Å². The molecule has 158 valence electrons. The number of hydrogen-bond acceptors (Lipinski definition) is 3. The molecule has 7 atom stereocenters. The topological polar surface area (TPSA) is 55.1 Å². The van der Waals surface area contributed by atoms with Crippen molar-refractivity contribution < 1.29 is 9.90 Å². The van der Waals surface area contributed by atoms with Crippen LogP contribution in [-0.2, 0) is 11.8 Å². The van der Waals surface area contributed by atoms with Crippen LogP contribution in [-0.4, -0.2) is 26.8 Å². The second kappa shape index (κ2) is 6.54. The van der Waals surface area contributed by atoms with E-state index in [1.807, 2.05) is 24.9 Å². The number of allylic oxidation sites excluding steroid dienone is 1. The Morgan fingerprint density at radius 3 is 2.69 bits per heavy atom. The molecule has 5 rings (SSSR count). The van der Waals surface area contributed by atoms with Crippen LogP contribution in [0.1, 0.15) is 76.5 Å². The van der Waals surface area contributed by atoms with E-state index in [0.717, 1.165) is 54.9 Å². The van der Waals surface area contributed by atoms with Gasteiger partial charge in [-0.25, -0.2) is 0 Å². The number of ketones is 1. The van der Waals surface area contributed by atoms with Crippen LogP contribution in [0.25, 0.3) is 6.08 Å². The van der Waals surface area contributed by atoms with Gasteiger partial charge in [0.15, 0.2) is 5.78 Å². The molecule has 4 nitrogen and oxygen atoms in total. The third-order valence-corrected chi connectivity index (χ3v) is 9.66. The lowest BCUT2D eigenvalue weighted by Gasteiger charge is -2.59. The first-order valence-electron chi connectivity index (χ1n) is 11.7. The molecule has 0 saturated heterocycles. The van der Waals surface area contributed by atoms with Crippen LogP contribution in [0.2, 0.25) is 0 Å². The Labute approximate surface area is 174 Å². The Bertz CT molecular complexity index is 870. The molecular weight excluding hydrogens is 360 g/mol. The number of aromatic nitrogens is 2. The zero-order valence-corrected chi connectivity index (χ0v) is 18.4. The van der Waals surface area contributed by atoms with Gasteiger partial charge in [-0.15, -0.1) is 0 Å². The van der Waals surface area contributed by atoms with E-state index < -0.39 is 0 Å². The van der Waals surface area contributed by atoms with E-state index in [1.54, 1.807) is 0 Å². The SMILES string of the molecule is Cc1nn(C)cc1/C=C1/C[C@@H]2[C@H]3CC[C@@H]4C[C@H](O)CC[C@]4(C)[C@@H]3CC[C@]2(C)C1=O. The molecule has 1 aromatic rings. The van der Waals surface area contributed by atoms with E-state index in [9.17, 15) is 9.90 Å². The molecule has 4 fully saturated rings. The number of hydrogen-bond donors (Lipinski definition) is 1. The zero-order chi connectivity index (χ0) is 20.6. The number of aliphatic hydroxyl groups excluding tert-OH is 1. The fourth-order valence-corrected chi connectivity index (χ4v) is 7.98. The predicted molar refractivity (Wildman–Crippen MR) is 114 cm³/mol. The first-order chi connectivity index (χ1) is 13.7. The molecule has 0 aliphatic heterocycles. The van der Waals surface area contributed by atoms with Crippen LogP contribution >= 0.6 is 0 Å². The molecule has 0 spiro atoms. The highest BCUT2D eigenvalue weighted by Gasteiger charge is 2.61. The maximum Gasteiger partial charge on any atom is 0.165 e. The molecule has 0 radical (unpaired) electrons. The van der Waals surface area contributed by atoms with Crippen LogP contribution in [0.3, 0.4) is 0 Å². The third-order valence-electron chi connectivity index (χ3n) is 9.66. The first-order valence-corrected chi connectivity index (χ1v) is 11.7. The molecular formula is C25H36N2O2. The van der Waals surface area contributed by atoms with E-state index in [2.05, 4.69) is 25.0 Å². The number of aryl methyl sites for hydroxylation is 2. The molecule has 1 aromatic heterocycles. The molecule has 0 aromatic carbocycles. The number of carbonyl (C=O) groups excluding carboxylic acids is 1. The zero-order valence-electron chi connectivity index (χ0n) is 18.4. The van der Waals surface area contributed by atoms with Crippen molar-refractivity contribution in [3.63, 3.8) is 0 Å². The van der Waals surface area contributed by atoms with Crippen molar-refractivity contribution in [2.24, 2.45) is 41.5 Å². The molecule has 29 heavy (non-hydrogen) atoms. The number of nitrogens with zero attached hydrogens (tertiary/aromatic N) is 2. The van der Waals surface area contributed by atoms with Crippen molar-refractivity contribution >= 4 is 11.9 Å². The Hall–Kier alpha value is -1.42. The van der Waals surface area contributed by atoms with Crippen LogP contribution in [0.4, 0.5) is 0 Å². The maximum absolute atomic E-state index is 13.5. The number of fused-ring (bicyclic) bond motifs is 5. The smallest absolute Gasteiger partial charge is 0.165 e. The summed E-state index contributed by atoms with van der Waals surface area (Å²) in [5.74, 6) is 2.94. The molecule has 0 bridgehead atoms. The number of carbonyl (C=O) groups is 1. The van der Waals surface area contributed by atoms with Crippen molar-refractivity contribution in [1.29, 1.82) is 0 Å². The minimum atomic E-state index is -0.180. The van der Waals surface area contributed by atoms with Gasteiger partial charge in [0.2, 0.25) is 0 Å². The van der Waals surface area contributed by atoms with Crippen molar-refractivity contribution in [3.05, 3.63) is 23.0 Å². The van der Waals surface area contributed by atoms with Crippen LogP contribution in [0.5, 0.6) is 0 Å². The van der Waals surface area contributed by atoms with Crippen molar-refractivity contribution in [2.75, 3.05) is 0 Å². The summed E-state index contributed by atoms with van der Waals surface area (Å²) in [7, 11) is 1.94. The van der Waals surface area contributed by atoms with Gasteiger partial charge in [0.25, 0.3) is 0 Å². The average Bonchev–Trinajstić information content (AvgIpc) is 3.12. The van der Waals surface area contributed by atoms with E-state index >= 15 is 0 Å². The van der Waals surface area contributed by atoms with Crippen molar-refractivity contribution in [1.82, 2.24) is 9.78 Å². The number of Topliss-reactive ketones (excluding diaryl/α,β-unsaturated/α-hetero) is 1. The predicted octanol–water partition coefficient (Wildman–Crippen LogP) is 4.69. The molecule has 0 amide bonds. The Balaban J connectivity index is 1.46. The maximum atomic E-state index is 13.5. The summed E-state index contributed by atoms with van der Waals surface area (Å²) in [4.78, 5) is 13.5. The lowest BCUT2D eigenvalue weighted by molar-refractivity contribution is -0.141. The van der Waals surface area contributed by atoms with Gasteiger partial charge >= 0.3 is 0 Å². The van der Waals surface area contributed by atoms with Crippen LogP contribution < -0.4 is 0 Å². The monoisotopic (exact) mass is 396 g/mol. The molecule has 4 heteroatoms. The summed E-state index contributed by atoms with van der Waals surface area (Å²) in [6.45, 7) is 6.79. The van der Waals surface area contributed by atoms with Gasteiger partial charge in [-0.3, -0.25) is 9.48 Å². The highest BCUT2D eigenvalue weighted by Crippen LogP contribution is 2.66. The Kier molecular flexibility index (Phi) is 4.40. The fourth-order valence-electron chi connectivity index (χ4n) is 7.98. The normalized spacial score (nSPS) is 45.8. The summed E-state index contributed by atoms with van der Waals surface area (Å²) in [6, 6.07) is 0. The van der Waals surface area contributed by atoms with Crippen molar-refractivity contribution in [3.8, 4) is 0 Å². The molecule has 4 aliphatic rings. The second-order valence-corrected chi connectivity index (χ2v) is 11.1. The standard InChI is InChI=1S/C25H36N2O2/c1-15-17(14-27(4)26-15)11-16-12-22-20-6-5-18-13-19(28)7-9-24(18,2)21(20)8-10-25(22,3)23(16)29/h11,14,18-22,28H,5-10,12-13H2,1-4H3/b16-11-/t18-,19-,20+,21-,22-,24+,25+/m1/s1. The summed E-state index contributed by atoms with van der Waals surface area (Å²) < 4.78 is 1.84. The Morgan fingerprint density at radius 2 is 1.97 bits per heavy atom. The van der Waals surface area contributed by atoms with Crippen LogP contribution in [0, 0.1) is 41.4 Å².